The highest BCUT2D eigenvalue weighted by Gasteiger charge is 2.21. The largest absolute Gasteiger partial charge is 0.376 e. The molecule has 1 aliphatic rings. The number of anilines is 1. The zero-order chi connectivity index (χ0) is 20.9. The van der Waals surface area contributed by atoms with Crippen LogP contribution < -0.4 is 10.0 Å². The normalized spacial score (nSPS) is 17.7. The first kappa shape index (κ1) is 21.3. The minimum atomic E-state index is -3.80. The molecule has 0 aromatic heterocycles. The lowest BCUT2D eigenvalue weighted by Crippen LogP contribution is -2.32. The number of hydrogen-bond acceptors (Lipinski definition) is 4. The second kappa shape index (κ2) is 9.41. The van der Waals surface area contributed by atoms with Crippen LogP contribution in [0, 0.1) is 0 Å². The number of sulfonamides is 1. The topological polar surface area (TPSA) is 84.5 Å². The van der Waals surface area contributed by atoms with Gasteiger partial charge in [0.15, 0.2) is 0 Å². The van der Waals surface area contributed by atoms with Crippen molar-refractivity contribution >= 4 is 21.6 Å². The molecule has 7 heteroatoms. The number of amides is 1. The molecule has 0 radical (unpaired) electrons. The van der Waals surface area contributed by atoms with Crippen molar-refractivity contribution in [1.29, 1.82) is 0 Å². The lowest BCUT2D eigenvalue weighted by Gasteiger charge is -2.15. The lowest BCUT2D eigenvalue weighted by molar-refractivity contribution is 0.0858. The number of carbonyl (C=O) groups is 1. The van der Waals surface area contributed by atoms with Gasteiger partial charge in [-0.25, -0.2) is 8.42 Å². The molecule has 0 saturated carbocycles. The summed E-state index contributed by atoms with van der Waals surface area (Å²) in [4.78, 5) is 12.8. The van der Waals surface area contributed by atoms with E-state index in [1.54, 1.807) is 36.4 Å². The smallest absolute Gasteiger partial charge is 0.261 e. The van der Waals surface area contributed by atoms with Crippen molar-refractivity contribution in [3.8, 4) is 0 Å². The monoisotopic (exact) mass is 416 g/mol. The van der Waals surface area contributed by atoms with E-state index in [0.29, 0.717) is 19.1 Å². The van der Waals surface area contributed by atoms with E-state index in [4.69, 9.17) is 4.74 Å². The van der Waals surface area contributed by atoms with Crippen molar-refractivity contribution in [2.75, 3.05) is 17.9 Å². The fourth-order valence-electron chi connectivity index (χ4n) is 3.29. The Labute approximate surface area is 172 Å². The van der Waals surface area contributed by atoms with Gasteiger partial charge in [-0.05, 0) is 55.0 Å². The van der Waals surface area contributed by atoms with Crippen LogP contribution in [0.1, 0.15) is 54.9 Å². The third kappa shape index (κ3) is 5.36. The van der Waals surface area contributed by atoms with Gasteiger partial charge in [-0.1, -0.05) is 38.1 Å². The molecule has 6 nitrogen and oxygen atoms in total. The van der Waals surface area contributed by atoms with Crippen LogP contribution in [0.3, 0.4) is 0 Å². The number of carbonyl (C=O) groups excluding carboxylic acids is 1. The van der Waals surface area contributed by atoms with Crippen LogP contribution >= 0.6 is 0 Å². The van der Waals surface area contributed by atoms with Crippen LogP contribution in [0.4, 0.5) is 5.69 Å². The van der Waals surface area contributed by atoms with Crippen molar-refractivity contribution in [3.05, 3.63) is 59.7 Å². The van der Waals surface area contributed by atoms with Crippen LogP contribution in [-0.4, -0.2) is 33.6 Å². The Morgan fingerprint density at radius 2 is 1.90 bits per heavy atom. The van der Waals surface area contributed by atoms with Crippen LogP contribution in [0.5, 0.6) is 0 Å². The Hall–Kier alpha value is -2.38. The van der Waals surface area contributed by atoms with Crippen molar-refractivity contribution in [2.45, 2.75) is 50.0 Å². The molecule has 0 aliphatic carbocycles. The third-order valence-corrected chi connectivity index (χ3v) is 6.68. The molecule has 29 heavy (non-hydrogen) atoms. The molecule has 0 spiro atoms. The van der Waals surface area contributed by atoms with Crippen LogP contribution in [0.2, 0.25) is 0 Å². The van der Waals surface area contributed by atoms with Crippen molar-refractivity contribution in [2.24, 2.45) is 0 Å². The van der Waals surface area contributed by atoms with Crippen LogP contribution in [0.25, 0.3) is 0 Å². The SMILES string of the molecule is CC[C@@H](C)c1ccc(S(=O)(=O)Nc2ccccc2C(=O)NC[C@H]2CCCO2)cc1. The summed E-state index contributed by atoms with van der Waals surface area (Å²) in [6, 6.07) is 13.5. The van der Waals surface area contributed by atoms with E-state index >= 15 is 0 Å². The zero-order valence-corrected chi connectivity index (χ0v) is 17.7. The Bertz CT molecular complexity index is 936. The number of para-hydroxylation sites is 1. The molecule has 2 aromatic carbocycles. The van der Waals surface area contributed by atoms with E-state index in [-0.39, 0.29) is 28.2 Å². The van der Waals surface area contributed by atoms with Gasteiger partial charge in [0.05, 0.1) is 22.3 Å². The van der Waals surface area contributed by atoms with Gasteiger partial charge in [0.1, 0.15) is 0 Å². The van der Waals surface area contributed by atoms with Crippen molar-refractivity contribution in [3.63, 3.8) is 0 Å². The molecule has 2 aromatic rings. The minimum absolute atomic E-state index is 0.0202. The number of hydrogen-bond donors (Lipinski definition) is 2. The second-order valence-corrected chi connectivity index (χ2v) is 9.06. The molecule has 1 aliphatic heterocycles. The molecular formula is C22H28N2O4S. The Morgan fingerprint density at radius 1 is 1.17 bits per heavy atom. The summed E-state index contributed by atoms with van der Waals surface area (Å²) in [5.41, 5.74) is 1.63. The summed E-state index contributed by atoms with van der Waals surface area (Å²) in [5, 5.41) is 2.83. The first-order valence-corrected chi connectivity index (χ1v) is 11.5. The van der Waals surface area contributed by atoms with Gasteiger partial charge in [0.25, 0.3) is 15.9 Å². The van der Waals surface area contributed by atoms with Gasteiger partial charge < -0.3 is 10.1 Å². The molecule has 0 bridgehead atoms. The molecule has 2 atom stereocenters. The molecule has 156 valence electrons. The minimum Gasteiger partial charge on any atom is -0.376 e. The van der Waals surface area contributed by atoms with E-state index in [0.717, 1.165) is 24.8 Å². The summed E-state index contributed by atoms with van der Waals surface area (Å²) in [7, 11) is -3.80. The lowest BCUT2D eigenvalue weighted by atomic mass is 9.99. The molecule has 2 N–H and O–H groups in total. The van der Waals surface area contributed by atoms with E-state index < -0.39 is 10.0 Å². The quantitative estimate of drug-likeness (QED) is 0.683. The van der Waals surface area contributed by atoms with E-state index in [9.17, 15) is 13.2 Å². The Kier molecular flexibility index (Phi) is 6.92. The number of benzene rings is 2. The average Bonchev–Trinajstić information content (AvgIpc) is 3.25. The first-order chi connectivity index (χ1) is 13.9. The van der Waals surface area contributed by atoms with Gasteiger partial charge in [0.2, 0.25) is 0 Å². The van der Waals surface area contributed by atoms with E-state index in [1.807, 2.05) is 12.1 Å². The summed E-state index contributed by atoms with van der Waals surface area (Å²) in [5.74, 6) is 0.0406. The maximum Gasteiger partial charge on any atom is 0.261 e. The fraction of sp³-hybridized carbons (Fsp3) is 0.409. The number of nitrogens with one attached hydrogen (secondary N) is 2. The highest BCUT2D eigenvalue weighted by atomic mass is 32.2. The highest BCUT2D eigenvalue weighted by Crippen LogP contribution is 2.23. The fourth-order valence-corrected chi connectivity index (χ4v) is 4.37. The molecule has 0 unspecified atom stereocenters. The summed E-state index contributed by atoms with van der Waals surface area (Å²) < 4.78 is 33.7. The number of ether oxygens (including phenoxy) is 1. The standard InChI is InChI=1S/C22H28N2O4S/c1-3-16(2)17-10-12-19(13-11-17)29(26,27)24-21-9-5-4-8-20(21)22(25)23-15-18-7-6-14-28-18/h4-5,8-13,16,18,24H,3,6-7,14-15H2,1-2H3,(H,23,25)/t16-,18-/m1/s1. The van der Waals surface area contributed by atoms with E-state index in [2.05, 4.69) is 23.9 Å². The summed E-state index contributed by atoms with van der Waals surface area (Å²) in [6.07, 6.45) is 2.92. The maximum absolute atomic E-state index is 12.8. The average molecular weight is 417 g/mol. The van der Waals surface area contributed by atoms with Gasteiger partial charge >= 0.3 is 0 Å². The predicted octanol–water partition coefficient (Wildman–Crippen LogP) is 3.91. The second-order valence-electron chi connectivity index (χ2n) is 7.37. The highest BCUT2D eigenvalue weighted by molar-refractivity contribution is 7.92. The molecule has 3 rings (SSSR count). The molecule has 1 heterocycles. The molecule has 1 saturated heterocycles. The van der Waals surface area contributed by atoms with Crippen LogP contribution in [0.15, 0.2) is 53.4 Å². The van der Waals surface area contributed by atoms with Gasteiger partial charge in [-0.3, -0.25) is 9.52 Å². The van der Waals surface area contributed by atoms with Crippen molar-refractivity contribution in [1.82, 2.24) is 5.32 Å². The predicted molar refractivity (Wildman–Crippen MR) is 114 cm³/mol. The van der Waals surface area contributed by atoms with Crippen LogP contribution in [-0.2, 0) is 14.8 Å². The molecule has 1 fully saturated rings. The third-order valence-electron chi connectivity index (χ3n) is 5.30. The maximum atomic E-state index is 12.8. The van der Waals surface area contributed by atoms with E-state index in [1.165, 1.54) is 0 Å². The first-order valence-electron chi connectivity index (χ1n) is 10.0. The Balaban J connectivity index is 1.74. The van der Waals surface area contributed by atoms with Gasteiger partial charge in [-0.15, -0.1) is 0 Å². The van der Waals surface area contributed by atoms with Gasteiger partial charge in [-0.2, -0.15) is 0 Å². The number of rotatable bonds is 8. The zero-order valence-electron chi connectivity index (χ0n) is 16.9. The molecule has 1 amide bonds. The summed E-state index contributed by atoms with van der Waals surface area (Å²) >= 11 is 0. The van der Waals surface area contributed by atoms with Crippen molar-refractivity contribution < 1.29 is 17.9 Å². The molecular weight excluding hydrogens is 388 g/mol. The summed E-state index contributed by atoms with van der Waals surface area (Å²) in [6.45, 7) is 5.33. The van der Waals surface area contributed by atoms with Gasteiger partial charge in [0, 0.05) is 13.2 Å². The Morgan fingerprint density at radius 3 is 2.55 bits per heavy atom.